The summed E-state index contributed by atoms with van der Waals surface area (Å²) in [5, 5.41) is 9.37. The number of hydrogen-bond donors (Lipinski definition) is 2. The maximum absolute atomic E-state index is 11.9. The van der Waals surface area contributed by atoms with E-state index in [0.29, 0.717) is 6.61 Å². The Morgan fingerprint density at radius 1 is 1.04 bits per heavy atom. The zero-order valence-electron chi connectivity index (χ0n) is 14.6. The molecule has 0 bridgehead atoms. The van der Waals surface area contributed by atoms with Crippen molar-refractivity contribution in [1.29, 1.82) is 0 Å². The van der Waals surface area contributed by atoms with Gasteiger partial charge in [-0.2, -0.15) is 5.10 Å². The van der Waals surface area contributed by atoms with Crippen LogP contribution in [0, 0.1) is 0 Å². The van der Waals surface area contributed by atoms with Crippen LogP contribution in [0.5, 0.6) is 5.75 Å². The number of carbonyl (C=O) groups is 1. The molecule has 3 rings (SSSR count). The van der Waals surface area contributed by atoms with E-state index < -0.39 is 0 Å². The van der Waals surface area contributed by atoms with Crippen molar-refractivity contribution in [2.45, 2.75) is 6.92 Å². The Labute approximate surface area is 152 Å². The maximum atomic E-state index is 11.9. The van der Waals surface area contributed by atoms with Gasteiger partial charge in [-0.15, -0.1) is 0 Å². The van der Waals surface area contributed by atoms with E-state index in [9.17, 15) is 4.79 Å². The molecule has 0 aliphatic carbocycles. The van der Waals surface area contributed by atoms with Gasteiger partial charge in [-0.1, -0.05) is 36.4 Å². The highest BCUT2D eigenvalue weighted by atomic mass is 16.5. The molecule has 1 amide bonds. The summed E-state index contributed by atoms with van der Waals surface area (Å²) in [7, 11) is 0. The lowest BCUT2D eigenvalue weighted by Crippen LogP contribution is -2.25. The SMILES string of the molecule is CCOc1ccc(NCC(=O)N/N=C\c2ccc3ccccc3c2)cc1. The Bertz CT molecular complexity index is 905. The van der Waals surface area contributed by atoms with Crippen LogP contribution in [-0.4, -0.2) is 25.3 Å². The molecule has 0 spiro atoms. The molecule has 0 saturated carbocycles. The number of hydrazone groups is 1. The van der Waals surface area contributed by atoms with Gasteiger partial charge in [-0.25, -0.2) is 5.43 Å². The summed E-state index contributed by atoms with van der Waals surface area (Å²) in [6.07, 6.45) is 1.64. The van der Waals surface area contributed by atoms with Gasteiger partial charge in [0.05, 0.1) is 19.4 Å². The molecule has 0 radical (unpaired) electrons. The fourth-order valence-electron chi connectivity index (χ4n) is 2.52. The fourth-order valence-corrected chi connectivity index (χ4v) is 2.52. The van der Waals surface area contributed by atoms with Crippen molar-refractivity contribution in [3.63, 3.8) is 0 Å². The number of nitrogens with zero attached hydrogens (tertiary/aromatic N) is 1. The minimum Gasteiger partial charge on any atom is -0.494 e. The molecule has 5 nitrogen and oxygen atoms in total. The first-order valence-electron chi connectivity index (χ1n) is 8.52. The molecular weight excluding hydrogens is 326 g/mol. The molecule has 0 atom stereocenters. The third-order valence-corrected chi connectivity index (χ3v) is 3.79. The minimum absolute atomic E-state index is 0.142. The molecule has 0 aliphatic heterocycles. The molecule has 0 saturated heterocycles. The van der Waals surface area contributed by atoms with E-state index in [-0.39, 0.29) is 12.5 Å². The number of rotatable bonds is 7. The summed E-state index contributed by atoms with van der Waals surface area (Å²) >= 11 is 0. The zero-order valence-corrected chi connectivity index (χ0v) is 14.6. The smallest absolute Gasteiger partial charge is 0.259 e. The topological polar surface area (TPSA) is 62.7 Å². The van der Waals surface area contributed by atoms with Gasteiger partial charge in [0.25, 0.3) is 5.91 Å². The van der Waals surface area contributed by atoms with Crippen molar-refractivity contribution >= 4 is 28.6 Å². The molecule has 132 valence electrons. The second-order valence-corrected chi connectivity index (χ2v) is 5.71. The van der Waals surface area contributed by atoms with Gasteiger partial charge in [-0.05, 0) is 53.6 Å². The molecule has 2 N–H and O–H groups in total. The second-order valence-electron chi connectivity index (χ2n) is 5.71. The summed E-state index contributed by atoms with van der Waals surface area (Å²) < 4.78 is 5.38. The molecule has 0 aliphatic rings. The lowest BCUT2D eigenvalue weighted by molar-refractivity contribution is -0.119. The first-order chi connectivity index (χ1) is 12.7. The highest BCUT2D eigenvalue weighted by molar-refractivity contribution is 5.91. The van der Waals surface area contributed by atoms with Crippen LogP contribution in [0.25, 0.3) is 10.8 Å². The third kappa shape index (κ3) is 4.83. The van der Waals surface area contributed by atoms with Crippen LogP contribution in [0.15, 0.2) is 71.8 Å². The first-order valence-corrected chi connectivity index (χ1v) is 8.52. The molecule has 5 heteroatoms. The molecular formula is C21H21N3O2. The highest BCUT2D eigenvalue weighted by Gasteiger charge is 2.00. The average Bonchev–Trinajstić information content (AvgIpc) is 2.67. The van der Waals surface area contributed by atoms with Crippen LogP contribution in [0.2, 0.25) is 0 Å². The molecule has 0 fully saturated rings. The summed E-state index contributed by atoms with van der Waals surface area (Å²) in [5.74, 6) is 0.596. The Morgan fingerprint density at radius 3 is 2.58 bits per heavy atom. The molecule has 26 heavy (non-hydrogen) atoms. The summed E-state index contributed by atoms with van der Waals surface area (Å²) in [6, 6.07) is 21.6. The van der Waals surface area contributed by atoms with Crippen molar-refractivity contribution in [3.05, 3.63) is 72.3 Å². The molecule has 3 aromatic rings. The summed E-state index contributed by atoms with van der Waals surface area (Å²) in [4.78, 5) is 11.9. The monoisotopic (exact) mass is 347 g/mol. The standard InChI is InChI=1S/C21H21N3O2/c1-2-26-20-11-9-19(10-12-20)22-15-21(25)24-23-14-16-7-8-17-5-3-4-6-18(17)13-16/h3-14,22H,2,15H2,1H3,(H,24,25)/b23-14-. The van der Waals surface area contributed by atoms with E-state index in [1.54, 1.807) is 6.21 Å². The fraction of sp³-hybridized carbons (Fsp3) is 0.143. The van der Waals surface area contributed by atoms with Crippen molar-refractivity contribution in [2.75, 3.05) is 18.5 Å². The Morgan fingerprint density at radius 2 is 1.81 bits per heavy atom. The summed E-state index contributed by atoms with van der Waals surface area (Å²) in [6.45, 7) is 2.71. The van der Waals surface area contributed by atoms with Crippen LogP contribution in [0.3, 0.4) is 0 Å². The van der Waals surface area contributed by atoms with E-state index in [1.165, 1.54) is 5.39 Å². The van der Waals surface area contributed by atoms with Gasteiger partial charge in [-0.3, -0.25) is 4.79 Å². The minimum atomic E-state index is -0.212. The van der Waals surface area contributed by atoms with Gasteiger partial charge >= 0.3 is 0 Å². The van der Waals surface area contributed by atoms with Crippen LogP contribution in [-0.2, 0) is 4.79 Å². The lowest BCUT2D eigenvalue weighted by Gasteiger charge is -2.07. The molecule has 0 heterocycles. The van der Waals surface area contributed by atoms with E-state index in [2.05, 4.69) is 21.9 Å². The van der Waals surface area contributed by atoms with Gasteiger partial charge in [0.2, 0.25) is 0 Å². The number of amides is 1. The van der Waals surface area contributed by atoms with Gasteiger partial charge in [0, 0.05) is 5.69 Å². The number of carbonyl (C=O) groups excluding carboxylic acids is 1. The summed E-state index contributed by atoms with van der Waals surface area (Å²) in [5.41, 5.74) is 4.31. The average molecular weight is 347 g/mol. The normalized spacial score (nSPS) is 10.8. The number of anilines is 1. The van der Waals surface area contributed by atoms with Crippen LogP contribution < -0.4 is 15.5 Å². The Hall–Kier alpha value is -3.34. The van der Waals surface area contributed by atoms with Gasteiger partial charge in [0.15, 0.2) is 0 Å². The number of fused-ring (bicyclic) bond motifs is 1. The van der Waals surface area contributed by atoms with Crippen molar-refractivity contribution in [2.24, 2.45) is 5.10 Å². The van der Waals surface area contributed by atoms with Gasteiger partial charge in [0.1, 0.15) is 5.75 Å². The van der Waals surface area contributed by atoms with Crippen LogP contribution in [0.4, 0.5) is 5.69 Å². The first kappa shape index (κ1) is 17.5. The van der Waals surface area contributed by atoms with Crippen LogP contribution in [0.1, 0.15) is 12.5 Å². The van der Waals surface area contributed by atoms with Crippen LogP contribution >= 0.6 is 0 Å². The number of ether oxygens (including phenoxy) is 1. The second kappa shape index (κ2) is 8.67. The molecule has 3 aromatic carbocycles. The van der Waals surface area contributed by atoms with E-state index in [0.717, 1.165) is 22.4 Å². The maximum Gasteiger partial charge on any atom is 0.259 e. The predicted molar refractivity (Wildman–Crippen MR) is 106 cm³/mol. The number of nitrogens with one attached hydrogen (secondary N) is 2. The van der Waals surface area contributed by atoms with Crippen molar-refractivity contribution in [3.8, 4) is 5.75 Å². The largest absolute Gasteiger partial charge is 0.494 e. The Kier molecular flexibility index (Phi) is 5.83. The van der Waals surface area contributed by atoms with E-state index in [1.807, 2.05) is 67.6 Å². The highest BCUT2D eigenvalue weighted by Crippen LogP contribution is 2.15. The zero-order chi connectivity index (χ0) is 18.2. The number of benzene rings is 3. The quantitative estimate of drug-likeness (QED) is 0.505. The van der Waals surface area contributed by atoms with E-state index >= 15 is 0 Å². The van der Waals surface area contributed by atoms with E-state index in [4.69, 9.17) is 4.74 Å². The molecule has 0 aromatic heterocycles. The van der Waals surface area contributed by atoms with Crippen molar-refractivity contribution < 1.29 is 9.53 Å². The van der Waals surface area contributed by atoms with Crippen molar-refractivity contribution in [1.82, 2.24) is 5.43 Å². The molecule has 0 unspecified atom stereocenters. The number of hydrogen-bond acceptors (Lipinski definition) is 4. The predicted octanol–water partition coefficient (Wildman–Crippen LogP) is 3.80. The van der Waals surface area contributed by atoms with Gasteiger partial charge < -0.3 is 10.1 Å². The Balaban J connectivity index is 1.49. The third-order valence-electron chi connectivity index (χ3n) is 3.79. The lowest BCUT2D eigenvalue weighted by atomic mass is 10.1.